The lowest BCUT2D eigenvalue weighted by molar-refractivity contribution is 0.0697. The number of nitrogens with one attached hydrogen (secondary N) is 1. The molecule has 29 heavy (non-hydrogen) atoms. The zero-order valence-corrected chi connectivity index (χ0v) is 15.9. The summed E-state index contributed by atoms with van der Waals surface area (Å²) in [5.41, 5.74) is 3.98. The molecule has 8 nitrogen and oxygen atoms in total. The summed E-state index contributed by atoms with van der Waals surface area (Å²) in [5, 5.41) is 21.1. The van der Waals surface area contributed by atoms with Crippen molar-refractivity contribution in [1.29, 1.82) is 0 Å². The number of rotatable bonds is 6. The minimum atomic E-state index is -1.05. The van der Waals surface area contributed by atoms with Gasteiger partial charge in [0, 0.05) is 18.0 Å². The number of aromatic nitrogens is 4. The third-order valence-corrected chi connectivity index (χ3v) is 4.87. The summed E-state index contributed by atoms with van der Waals surface area (Å²) in [6.07, 6.45) is 3.39. The van der Waals surface area contributed by atoms with Crippen LogP contribution in [0.3, 0.4) is 0 Å². The Morgan fingerprint density at radius 2 is 2.03 bits per heavy atom. The van der Waals surface area contributed by atoms with Gasteiger partial charge in [0.25, 0.3) is 0 Å². The van der Waals surface area contributed by atoms with Gasteiger partial charge in [0.1, 0.15) is 11.0 Å². The van der Waals surface area contributed by atoms with Crippen LogP contribution in [0, 0.1) is 0 Å². The van der Waals surface area contributed by atoms with Gasteiger partial charge in [0.2, 0.25) is 0 Å². The number of para-hydroxylation sites is 1. The molecule has 0 unspecified atom stereocenters. The highest BCUT2D eigenvalue weighted by atomic mass is 16.5. The van der Waals surface area contributed by atoms with Gasteiger partial charge in [-0.05, 0) is 35.7 Å². The molecular weight excluding hydrogens is 372 g/mol. The van der Waals surface area contributed by atoms with E-state index in [0.717, 1.165) is 40.4 Å². The maximum atomic E-state index is 12.6. The highest BCUT2D eigenvalue weighted by Crippen LogP contribution is 2.27. The van der Waals surface area contributed by atoms with Crippen LogP contribution in [0.5, 0.6) is 0 Å². The molecule has 2 aromatic heterocycles. The summed E-state index contributed by atoms with van der Waals surface area (Å²) in [5.74, 6) is -1.05. The van der Waals surface area contributed by atoms with E-state index in [1.807, 2.05) is 25.1 Å². The number of aromatic amines is 1. The van der Waals surface area contributed by atoms with Crippen molar-refractivity contribution in [3.8, 4) is 0 Å². The summed E-state index contributed by atoms with van der Waals surface area (Å²) in [6.45, 7) is 2.34. The number of nitrogens with zero attached hydrogens (tertiary/aromatic N) is 3. The fourth-order valence-corrected chi connectivity index (χ4v) is 3.37. The summed E-state index contributed by atoms with van der Waals surface area (Å²) in [7, 11) is 0. The molecule has 2 N–H and O–H groups in total. The number of benzene rings is 2. The van der Waals surface area contributed by atoms with Crippen molar-refractivity contribution in [2.45, 2.75) is 26.2 Å². The first-order chi connectivity index (χ1) is 14.1. The van der Waals surface area contributed by atoms with Crippen molar-refractivity contribution in [3.05, 3.63) is 59.3 Å². The normalized spacial score (nSPS) is 11.2. The Labute approximate surface area is 166 Å². The number of fused-ring (bicyclic) bond motifs is 2. The van der Waals surface area contributed by atoms with E-state index < -0.39 is 12.1 Å². The van der Waals surface area contributed by atoms with Gasteiger partial charge >= 0.3 is 12.1 Å². The number of unbranched alkanes of at least 4 members (excludes halogenated alkanes) is 1. The Bertz CT molecular complexity index is 1210. The number of carbonyl (C=O) groups excluding carboxylic acids is 1. The number of carboxylic acid groups (broad SMARTS) is 1. The number of carboxylic acids is 1. The lowest BCUT2D eigenvalue weighted by atomic mass is 10.0. The average molecular weight is 392 g/mol. The zero-order valence-electron chi connectivity index (χ0n) is 15.9. The predicted molar refractivity (Wildman–Crippen MR) is 107 cm³/mol. The highest BCUT2D eigenvalue weighted by molar-refractivity contribution is 5.98. The number of carbonyl (C=O) groups is 2. The van der Waals surface area contributed by atoms with E-state index in [0.29, 0.717) is 18.5 Å². The molecule has 0 saturated carbocycles. The van der Waals surface area contributed by atoms with E-state index in [1.165, 1.54) is 16.7 Å². The topological polar surface area (TPSA) is 110 Å². The largest absolute Gasteiger partial charge is 0.478 e. The highest BCUT2D eigenvalue weighted by Gasteiger charge is 2.18. The molecule has 0 spiro atoms. The fraction of sp³-hybridized carbons (Fsp3) is 0.238. The van der Waals surface area contributed by atoms with E-state index in [2.05, 4.69) is 15.4 Å². The predicted octanol–water partition coefficient (Wildman–Crippen LogP) is 3.99. The molecule has 0 aliphatic carbocycles. The maximum absolute atomic E-state index is 12.6. The minimum absolute atomic E-state index is 0.114. The third-order valence-electron chi connectivity index (χ3n) is 4.87. The SMILES string of the molecule is CCCCOC(=O)n1cc(Cc2cccc3n[nH]nc23)c2ccc(C(=O)O)cc21. The van der Waals surface area contributed by atoms with Crippen molar-refractivity contribution in [2.75, 3.05) is 6.61 Å². The summed E-state index contributed by atoms with van der Waals surface area (Å²) < 4.78 is 6.73. The second-order valence-corrected chi connectivity index (χ2v) is 6.81. The second kappa shape index (κ2) is 7.75. The molecule has 0 fully saturated rings. The van der Waals surface area contributed by atoms with E-state index >= 15 is 0 Å². The van der Waals surface area contributed by atoms with E-state index in [4.69, 9.17) is 4.74 Å². The molecular formula is C21H20N4O4. The summed E-state index contributed by atoms with van der Waals surface area (Å²) in [4.78, 5) is 24.0. The Balaban J connectivity index is 1.78. The van der Waals surface area contributed by atoms with E-state index in [1.54, 1.807) is 12.3 Å². The van der Waals surface area contributed by atoms with Crippen molar-refractivity contribution in [2.24, 2.45) is 0 Å². The first-order valence-electron chi connectivity index (χ1n) is 9.41. The molecule has 0 aliphatic heterocycles. The molecule has 4 aromatic rings. The van der Waals surface area contributed by atoms with Gasteiger partial charge in [-0.25, -0.2) is 9.59 Å². The molecule has 148 valence electrons. The molecule has 8 heteroatoms. The van der Waals surface area contributed by atoms with E-state index in [-0.39, 0.29) is 5.56 Å². The Morgan fingerprint density at radius 1 is 1.17 bits per heavy atom. The molecule has 0 bridgehead atoms. The van der Waals surface area contributed by atoms with Gasteiger partial charge < -0.3 is 9.84 Å². The average Bonchev–Trinajstić information content (AvgIpc) is 3.33. The molecule has 0 atom stereocenters. The monoisotopic (exact) mass is 392 g/mol. The minimum Gasteiger partial charge on any atom is -0.478 e. The van der Waals surface area contributed by atoms with Crippen LogP contribution in [0.4, 0.5) is 4.79 Å². The second-order valence-electron chi connectivity index (χ2n) is 6.81. The molecule has 0 radical (unpaired) electrons. The van der Waals surface area contributed by atoms with Crippen LogP contribution in [0.25, 0.3) is 21.9 Å². The first kappa shape index (κ1) is 18.7. The van der Waals surface area contributed by atoms with Crippen LogP contribution in [-0.2, 0) is 11.2 Å². The van der Waals surface area contributed by atoms with Crippen LogP contribution in [0.1, 0.15) is 41.3 Å². The fourth-order valence-electron chi connectivity index (χ4n) is 3.37. The van der Waals surface area contributed by atoms with Crippen LogP contribution < -0.4 is 0 Å². The molecule has 4 rings (SSSR count). The molecule has 2 heterocycles. The number of ether oxygens (including phenoxy) is 1. The number of hydrogen-bond donors (Lipinski definition) is 2. The lowest BCUT2D eigenvalue weighted by Crippen LogP contribution is -2.13. The van der Waals surface area contributed by atoms with Crippen LogP contribution in [0.15, 0.2) is 42.6 Å². The summed E-state index contributed by atoms with van der Waals surface area (Å²) >= 11 is 0. The van der Waals surface area contributed by atoms with Crippen LogP contribution in [-0.4, -0.2) is 43.8 Å². The number of aromatic carboxylic acids is 1. The van der Waals surface area contributed by atoms with Gasteiger partial charge in [-0.1, -0.05) is 31.5 Å². The van der Waals surface area contributed by atoms with Gasteiger partial charge in [-0.2, -0.15) is 15.4 Å². The van der Waals surface area contributed by atoms with Gasteiger partial charge in [-0.15, -0.1) is 0 Å². The van der Waals surface area contributed by atoms with Gasteiger partial charge in [0.15, 0.2) is 0 Å². The Hall–Kier alpha value is -3.68. The maximum Gasteiger partial charge on any atom is 0.418 e. The van der Waals surface area contributed by atoms with Crippen LogP contribution in [0.2, 0.25) is 0 Å². The zero-order chi connectivity index (χ0) is 20.4. The Morgan fingerprint density at radius 3 is 2.83 bits per heavy atom. The van der Waals surface area contributed by atoms with Crippen molar-refractivity contribution in [3.63, 3.8) is 0 Å². The molecule has 0 aliphatic rings. The number of hydrogen-bond acceptors (Lipinski definition) is 5. The molecule has 0 amide bonds. The number of H-pyrrole nitrogens is 1. The van der Waals surface area contributed by atoms with Crippen molar-refractivity contribution in [1.82, 2.24) is 20.0 Å². The van der Waals surface area contributed by atoms with E-state index in [9.17, 15) is 14.7 Å². The van der Waals surface area contributed by atoms with Crippen molar-refractivity contribution >= 4 is 34.0 Å². The molecule has 2 aromatic carbocycles. The summed E-state index contributed by atoms with van der Waals surface area (Å²) in [6, 6.07) is 10.5. The first-order valence-corrected chi connectivity index (χ1v) is 9.41. The third kappa shape index (κ3) is 3.56. The van der Waals surface area contributed by atoms with Crippen molar-refractivity contribution < 1.29 is 19.4 Å². The molecule has 0 saturated heterocycles. The van der Waals surface area contributed by atoms with Crippen LogP contribution >= 0.6 is 0 Å². The Kier molecular flexibility index (Phi) is 4.99. The quantitative estimate of drug-likeness (QED) is 0.480. The standard InChI is InChI=1S/C21H20N4O4/c1-2-3-9-29-21(28)25-12-15(16-8-7-14(20(26)27)11-18(16)25)10-13-5-4-6-17-19(13)23-24-22-17/h4-8,11-12H,2-3,9-10H2,1H3,(H,26,27)(H,22,23,24). The lowest BCUT2D eigenvalue weighted by Gasteiger charge is -2.06. The van der Waals surface area contributed by atoms with Gasteiger partial charge in [-0.3, -0.25) is 4.57 Å². The van der Waals surface area contributed by atoms with Gasteiger partial charge in [0.05, 0.1) is 17.7 Å². The smallest absolute Gasteiger partial charge is 0.418 e.